The van der Waals surface area contributed by atoms with Crippen molar-refractivity contribution in [1.29, 1.82) is 0 Å². The predicted octanol–water partition coefficient (Wildman–Crippen LogP) is 9.21. The number of fused-ring (bicyclic) bond motifs is 2. The topological polar surface area (TPSA) is 60.5 Å². The summed E-state index contributed by atoms with van der Waals surface area (Å²) in [5, 5.41) is 20.4. The number of rotatable bonds is 9. The summed E-state index contributed by atoms with van der Waals surface area (Å²) in [6.07, 6.45) is 15.4. The van der Waals surface area contributed by atoms with Gasteiger partial charge < -0.3 is 10.2 Å². The molecule has 1 unspecified atom stereocenters. The second-order valence-electron chi connectivity index (χ2n) is 13.2. The van der Waals surface area contributed by atoms with Gasteiger partial charge >= 0.3 is 5.97 Å². The Balaban J connectivity index is 1.41. The molecule has 42 heavy (non-hydrogen) atoms. The van der Waals surface area contributed by atoms with Crippen molar-refractivity contribution in [2.45, 2.75) is 95.8 Å². The summed E-state index contributed by atoms with van der Waals surface area (Å²) >= 11 is 0. The van der Waals surface area contributed by atoms with E-state index < -0.39 is 5.97 Å². The molecular formula is C38H46NO3+. The van der Waals surface area contributed by atoms with Crippen LogP contribution in [0.15, 0.2) is 95.3 Å². The number of nitrogens with zero attached hydrogens (tertiary/aromatic N) is 1. The zero-order chi connectivity index (χ0) is 30.1. The normalized spacial score (nSPS) is 22.8. The van der Waals surface area contributed by atoms with E-state index in [1.165, 1.54) is 33.7 Å². The van der Waals surface area contributed by atoms with Crippen LogP contribution < -0.4 is 0 Å². The molecule has 0 saturated carbocycles. The Bertz CT molecular complexity index is 1530. The molecule has 0 fully saturated rings. The van der Waals surface area contributed by atoms with Crippen LogP contribution in [0.2, 0.25) is 0 Å². The molecule has 2 aliphatic carbocycles. The largest absolute Gasteiger partial charge is 0.507 e. The second kappa shape index (κ2) is 11.9. The second-order valence-corrected chi connectivity index (χ2v) is 13.2. The number of aliphatic carboxylic acids is 1. The summed E-state index contributed by atoms with van der Waals surface area (Å²) in [5.74, 6) is 0.0151. The predicted molar refractivity (Wildman–Crippen MR) is 172 cm³/mol. The number of hydrogen-bond acceptors (Lipinski definition) is 2. The summed E-state index contributed by atoms with van der Waals surface area (Å²) < 4.78 is 2.27. The zero-order valence-corrected chi connectivity index (χ0v) is 25.9. The van der Waals surface area contributed by atoms with Crippen LogP contribution >= 0.6 is 0 Å². The summed E-state index contributed by atoms with van der Waals surface area (Å²) in [6, 6.07) is 17.3. The number of hydrogen-bond donors (Lipinski definition) is 2. The van der Waals surface area contributed by atoms with E-state index in [-0.39, 0.29) is 17.3 Å². The number of benzene rings is 2. The van der Waals surface area contributed by atoms with Gasteiger partial charge in [-0.3, -0.25) is 4.79 Å². The number of carboxylic acid groups (broad SMARTS) is 1. The fraction of sp³-hybridized carbons (Fsp3) is 0.421. The summed E-state index contributed by atoms with van der Waals surface area (Å²) in [6.45, 7) is 9.15. The molecule has 220 valence electrons. The SMILES string of the molecule is C[N+]1=C(/C=C/C2=C(O)C(=C/C=C3/C(CCCCCC(=O)O)c4ccccc4C3(C)C)/CCC2)C(C)(C)c2ccccc21. The molecule has 0 spiro atoms. The van der Waals surface area contributed by atoms with Gasteiger partial charge in [-0.2, -0.15) is 4.58 Å². The lowest BCUT2D eigenvalue weighted by Gasteiger charge is -2.25. The van der Waals surface area contributed by atoms with E-state index in [4.69, 9.17) is 5.11 Å². The minimum absolute atomic E-state index is 0.0958. The van der Waals surface area contributed by atoms with E-state index >= 15 is 0 Å². The Labute approximate surface area is 251 Å². The van der Waals surface area contributed by atoms with Crippen molar-refractivity contribution in [2.24, 2.45) is 0 Å². The third-order valence-electron chi connectivity index (χ3n) is 9.84. The average Bonchev–Trinajstić information content (AvgIpc) is 3.29. The van der Waals surface area contributed by atoms with Crippen molar-refractivity contribution in [1.82, 2.24) is 0 Å². The van der Waals surface area contributed by atoms with Gasteiger partial charge in [0.1, 0.15) is 12.8 Å². The van der Waals surface area contributed by atoms with Gasteiger partial charge in [0.15, 0.2) is 5.71 Å². The van der Waals surface area contributed by atoms with E-state index in [0.717, 1.165) is 56.1 Å². The lowest BCUT2D eigenvalue weighted by atomic mass is 9.79. The number of unbranched alkanes of at least 4 members (excludes halogenated alkanes) is 2. The van der Waals surface area contributed by atoms with Crippen molar-refractivity contribution in [3.8, 4) is 0 Å². The molecule has 4 nitrogen and oxygen atoms in total. The molecule has 3 aliphatic rings. The molecule has 2 aromatic carbocycles. The van der Waals surface area contributed by atoms with E-state index in [1.807, 2.05) is 0 Å². The van der Waals surface area contributed by atoms with Crippen molar-refractivity contribution >= 4 is 17.4 Å². The van der Waals surface area contributed by atoms with E-state index in [0.29, 0.717) is 11.7 Å². The third kappa shape index (κ3) is 5.56. The molecule has 2 aromatic rings. The molecule has 4 heteroatoms. The van der Waals surface area contributed by atoms with Gasteiger partial charge in [-0.1, -0.05) is 86.9 Å². The van der Waals surface area contributed by atoms with Crippen molar-refractivity contribution < 1.29 is 19.6 Å². The van der Waals surface area contributed by atoms with Crippen molar-refractivity contribution in [3.63, 3.8) is 0 Å². The highest BCUT2D eigenvalue weighted by molar-refractivity contribution is 6.03. The Morgan fingerprint density at radius 3 is 2.36 bits per heavy atom. The van der Waals surface area contributed by atoms with Gasteiger partial charge in [0.25, 0.3) is 0 Å². The average molecular weight is 565 g/mol. The summed E-state index contributed by atoms with van der Waals surface area (Å²) in [5.41, 5.74) is 9.77. The number of allylic oxidation sites excluding steroid dienone is 7. The maximum atomic E-state index is 11.4. The van der Waals surface area contributed by atoms with Crippen LogP contribution in [0.4, 0.5) is 5.69 Å². The Morgan fingerprint density at radius 1 is 0.905 bits per heavy atom. The molecular weight excluding hydrogens is 518 g/mol. The molecule has 0 amide bonds. The van der Waals surface area contributed by atoms with E-state index in [2.05, 4.69) is 112 Å². The third-order valence-corrected chi connectivity index (χ3v) is 9.84. The molecule has 2 N–H and O–H groups in total. The van der Waals surface area contributed by atoms with Crippen molar-refractivity contribution in [2.75, 3.05) is 7.05 Å². The molecule has 5 rings (SSSR count). The van der Waals surface area contributed by atoms with Crippen LogP contribution in [0.5, 0.6) is 0 Å². The Hall–Kier alpha value is -3.66. The molecule has 0 saturated heterocycles. The molecule has 1 atom stereocenters. The summed E-state index contributed by atoms with van der Waals surface area (Å²) in [7, 11) is 2.13. The van der Waals surface area contributed by atoms with Gasteiger partial charge in [0, 0.05) is 35.5 Å². The number of aliphatic hydroxyl groups is 1. The minimum Gasteiger partial charge on any atom is -0.507 e. The summed E-state index contributed by atoms with van der Waals surface area (Å²) in [4.78, 5) is 11.0. The van der Waals surface area contributed by atoms with Gasteiger partial charge in [-0.05, 0) is 74.3 Å². The highest BCUT2D eigenvalue weighted by Crippen LogP contribution is 2.52. The number of carboxylic acids is 1. The number of aliphatic hydroxyl groups excluding tert-OH is 1. The fourth-order valence-corrected chi connectivity index (χ4v) is 7.47. The lowest BCUT2D eigenvalue weighted by molar-refractivity contribution is -0.401. The first-order valence-corrected chi connectivity index (χ1v) is 15.6. The Kier molecular flexibility index (Phi) is 8.46. The first-order chi connectivity index (χ1) is 20.0. The van der Waals surface area contributed by atoms with Gasteiger partial charge in [-0.15, -0.1) is 0 Å². The monoisotopic (exact) mass is 564 g/mol. The fourth-order valence-electron chi connectivity index (χ4n) is 7.47. The van der Waals surface area contributed by atoms with Crippen LogP contribution in [0.3, 0.4) is 0 Å². The van der Waals surface area contributed by atoms with Crippen LogP contribution in [-0.4, -0.2) is 33.5 Å². The van der Waals surface area contributed by atoms with Crippen molar-refractivity contribution in [3.05, 3.63) is 112 Å². The maximum absolute atomic E-state index is 11.4. The number of carbonyl (C=O) groups is 1. The highest BCUT2D eigenvalue weighted by Gasteiger charge is 2.43. The lowest BCUT2D eigenvalue weighted by Crippen LogP contribution is -2.26. The highest BCUT2D eigenvalue weighted by atomic mass is 16.4. The Morgan fingerprint density at radius 2 is 1.62 bits per heavy atom. The number of para-hydroxylation sites is 1. The van der Waals surface area contributed by atoms with Gasteiger partial charge in [-0.25, -0.2) is 0 Å². The first-order valence-electron chi connectivity index (χ1n) is 15.6. The quantitative estimate of drug-likeness (QED) is 0.236. The van der Waals surface area contributed by atoms with Gasteiger partial charge in [0.2, 0.25) is 5.69 Å². The smallest absolute Gasteiger partial charge is 0.303 e. The maximum Gasteiger partial charge on any atom is 0.303 e. The van der Waals surface area contributed by atoms with E-state index in [9.17, 15) is 9.90 Å². The van der Waals surface area contributed by atoms with Gasteiger partial charge in [0.05, 0.1) is 5.41 Å². The standard InChI is InChI=1S/C38H45NO3/c1-37(2)30-18-10-9-17-28(30)29(16-7-6-8-21-35(40)41)31(37)24-22-26-14-13-15-27(36(26)42)23-25-34-38(3,4)32-19-11-12-20-33(32)39(34)5/h9-12,17-20,22-25,29H,6-8,13-16,21H2,1-5H3,(H,40,41)/p+1/b26-22+,31-24-. The molecule has 0 bridgehead atoms. The molecule has 1 heterocycles. The molecule has 0 radical (unpaired) electrons. The first kappa shape index (κ1) is 29.8. The van der Waals surface area contributed by atoms with E-state index in [1.54, 1.807) is 0 Å². The minimum atomic E-state index is -0.716. The molecule has 0 aromatic heterocycles. The zero-order valence-electron chi connectivity index (χ0n) is 25.9. The van der Waals surface area contributed by atoms with Crippen LogP contribution in [0.25, 0.3) is 0 Å². The van der Waals surface area contributed by atoms with Crippen LogP contribution in [0, 0.1) is 0 Å². The molecule has 1 aliphatic heterocycles. The van der Waals surface area contributed by atoms with Crippen LogP contribution in [-0.2, 0) is 15.6 Å². The van der Waals surface area contributed by atoms with Crippen LogP contribution in [0.1, 0.15) is 102 Å².